The molecule has 0 aliphatic rings. The Labute approximate surface area is 159 Å². The fourth-order valence-corrected chi connectivity index (χ4v) is 5.40. The van der Waals surface area contributed by atoms with Crippen LogP contribution in [-0.2, 0) is 20.0 Å². The largest absolute Gasteiger partial charge is 0.279 e. The first kappa shape index (κ1) is 19.2. The van der Waals surface area contributed by atoms with Crippen molar-refractivity contribution < 1.29 is 16.8 Å². The topological polar surface area (TPSA) is 85.2 Å². The van der Waals surface area contributed by atoms with Crippen molar-refractivity contribution in [3.05, 3.63) is 77.6 Å². The maximum atomic E-state index is 12.7. The molecule has 142 valence electrons. The molecule has 0 saturated heterocycles. The molecule has 0 bridgehead atoms. The van der Waals surface area contributed by atoms with Crippen LogP contribution in [0.25, 0.3) is 0 Å². The lowest BCUT2D eigenvalue weighted by atomic mass is 10.1. The lowest BCUT2D eigenvalue weighted by Gasteiger charge is -2.13. The molecule has 0 aliphatic heterocycles. The number of rotatable bonds is 5. The molecule has 2 aromatic carbocycles. The van der Waals surface area contributed by atoms with Crippen LogP contribution in [0.2, 0.25) is 0 Å². The van der Waals surface area contributed by atoms with E-state index >= 15 is 0 Å². The predicted octanol–water partition coefficient (Wildman–Crippen LogP) is 3.45. The summed E-state index contributed by atoms with van der Waals surface area (Å²) in [7, 11) is -7.78. The molecule has 8 heteroatoms. The van der Waals surface area contributed by atoms with Gasteiger partial charge in [0.05, 0.1) is 10.6 Å². The first-order valence-electron chi connectivity index (χ1n) is 8.20. The molecule has 0 unspecified atom stereocenters. The highest BCUT2D eigenvalue weighted by molar-refractivity contribution is 7.93. The summed E-state index contributed by atoms with van der Waals surface area (Å²) < 4.78 is 54.2. The van der Waals surface area contributed by atoms with E-state index in [1.165, 1.54) is 24.4 Å². The van der Waals surface area contributed by atoms with Crippen LogP contribution in [-0.4, -0.2) is 20.8 Å². The Morgan fingerprint density at radius 1 is 0.815 bits per heavy atom. The van der Waals surface area contributed by atoms with Gasteiger partial charge in [0.1, 0.15) is 4.90 Å². The molecule has 3 rings (SSSR count). The SMILES string of the molecule is Cc1cc(C)c(NS(=O)(=O)c2ccn(S(=O)(=O)c3ccccc3)c2)c(C)c1. The van der Waals surface area contributed by atoms with E-state index in [0.717, 1.165) is 26.9 Å². The predicted molar refractivity (Wildman–Crippen MR) is 105 cm³/mol. The first-order valence-corrected chi connectivity index (χ1v) is 11.1. The summed E-state index contributed by atoms with van der Waals surface area (Å²) in [6.07, 6.45) is 2.33. The third-order valence-corrected chi connectivity index (χ3v) is 7.17. The second-order valence-corrected chi connectivity index (χ2v) is 9.90. The van der Waals surface area contributed by atoms with Crippen LogP contribution in [0.5, 0.6) is 0 Å². The number of nitrogens with one attached hydrogen (secondary N) is 1. The van der Waals surface area contributed by atoms with Crippen LogP contribution in [0.1, 0.15) is 16.7 Å². The van der Waals surface area contributed by atoms with E-state index < -0.39 is 20.0 Å². The molecule has 1 N–H and O–H groups in total. The Balaban J connectivity index is 1.97. The fraction of sp³-hybridized carbons (Fsp3) is 0.158. The third-order valence-electron chi connectivity index (χ3n) is 4.18. The lowest BCUT2D eigenvalue weighted by Crippen LogP contribution is -2.15. The number of benzene rings is 2. The van der Waals surface area contributed by atoms with Crippen LogP contribution in [0.15, 0.2) is 70.7 Å². The van der Waals surface area contributed by atoms with Gasteiger partial charge in [0, 0.05) is 12.4 Å². The van der Waals surface area contributed by atoms with Crippen molar-refractivity contribution in [2.75, 3.05) is 4.72 Å². The molecule has 0 aliphatic carbocycles. The normalized spacial score (nSPS) is 12.1. The second kappa shape index (κ2) is 6.86. The summed E-state index contributed by atoms with van der Waals surface area (Å²) in [5.74, 6) is 0. The molecule has 0 spiro atoms. The average Bonchev–Trinajstić information content (AvgIpc) is 3.11. The third kappa shape index (κ3) is 3.77. The Morgan fingerprint density at radius 2 is 1.41 bits per heavy atom. The van der Waals surface area contributed by atoms with Crippen LogP contribution >= 0.6 is 0 Å². The van der Waals surface area contributed by atoms with E-state index in [4.69, 9.17) is 0 Å². The molecule has 3 aromatic rings. The molecule has 1 aromatic heterocycles. The van der Waals surface area contributed by atoms with E-state index in [9.17, 15) is 16.8 Å². The maximum Gasteiger partial charge on any atom is 0.267 e. The Bertz CT molecular complexity index is 1170. The molecule has 0 fully saturated rings. The number of hydrogen-bond donors (Lipinski definition) is 1. The van der Waals surface area contributed by atoms with E-state index in [2.05, 4.69) is 4.72 Å². The van der Waals surface area contributed by atoms with Crippen molar-refractivity contribution in [2.45, 2.75) is 30.6 Å². The van der Waals surface area contributed by atoms with Gasteiger partial charge in [-0.2, -0.15) is 0 Å². The highest BCUT2D eigenvalue weighted by Gasteiger charge is 2.22. The van der Waals surface area contributed by atoms with E-state index in [1.54, 1.807) is 18.2 Å². The molecule has 6 nitrogen and oxygen atoms in total. The molecular formula is C19H20N2O4S2. The van der Waals surface area contributed by atoms with Crippen molar-refractivity contribution in [3.63, 3.8) is 0 Å². The molecule has 1 heterocycles. The van der Waals surface area contributed by atoms with Crippen molar-refractivity contribution >= 4 is 25.7 Å². The van der Waals surface area contributed by atoms with Gasteiger partial charge in [-0.1, -0.05) is 35.9 Å². The zero-order valence-electron chi connectivity index (χ0n) is 15.2. The molecule has 0 atom stereocenters. The second-order valence-electron chi connectivity index (χ2n) is 6.37. The highest BCUT2D eigenvalue weighted by atomic mass is 32.2. The summed E-state index contributed by atoms with van der Waals surface area (Å²) in [5, 5.41) is 0. The van der Waals surface area contributed by atoms with Crippen LogP contribution in [0, 0.1) is 20.8 Å². The minimum atomic E-state index is -3.93. The van der Waals surface area contributed by atoms with Gasteiger partial charge in [-0.25, -0.2) is 20.8 Å². The summed E-state index contributed by atoms with van der Waals surface area (Å²) >= 11 is 0. The van der Waals surface area contributed by atoms with Gasteiger partial charge in [-0.05, 0) is 50.1 Å². The number of nitrogens with zero attached hydrogens (tertiary/aromatic N) is 1. The number of aromatic nitrogens is 1. The van der Waals surface area contributed by atoms with Crippen molar-refractivity contribution in [2.24, 2.45) is 0 Å². The van der Waals surface area contributed by atoms with Crippen molar-refractivity contribution in [3.8, 4) is 0 Å². The van der Waals surface area contributed by atoms with Gasteiger partial charge < -0.3 is 0 Å². The Hall–Kier alpha value is -2.58. The van der Waals surface area contributed by atoms with Gasteiger partial charge in [0.2, 0.25) is 0 Å². The smallest absolute Gasteiger partial charge is 0.267 e. The average molecular weight is 405 g/mol. The molecule has 0 radical (unpaired) electrons. The number of anilines is 1. The van der Waals surface area contributed by atoms with Gasteiger partial charge in [-0.3, -0.25) is 4.72 Å². The highest BCUT2D eigenvalue weighted by Crippen LogP contribution is 2.26. The molecule has 27 heavy (non-hydrogen) atoms. The van der Waals surface area contributed by atoms with Gasteiger partial charge >= 0.3 is 0 Å². The van der Waals surface area contributed by atoms with E-state index in [0.29, 0.717) is 5.69 Å². The maximum absolute atomic E-state index is 12.7. The standard InChI is InChI=1S/C19H20N2O4S2/c1-14-11-15(2)19(16(3)12-14)20-26(22,23)18-9-10-21(13-18)27(24,25)17-7-5-4-6-8-17/h4-13,20H,1-3H3. The summed E-state index contributed by atoms with van der Waals surface area (Å²) in [5.41, 5.74) is 3.13. The Morgan fingerprint density at radius 3 is 2.00 bits per heavy atom. The molecule has 0 saturated carbocycles. The van der Waals surface area contributed by atoms with Gasteiger partial charge in [-0.15, -0.1) is 0 Å². The quantitative estimate of drug-likeness (QED) is 0.706. The Kier molecular flexibility index (Phi) is 4.88. The first-order chi connectivity index (χ1) is 12.6. The van der Waals surface area contributed by atoms with E-state index in [-0.39, 0.29) is 9.79 Å². The fourth-order valence-electron chi connectivity index (χ4n) is 2.92. The molecule has 0 amide bonds. The minimum absolute atomic E-state index is 0.0859. The van der Waals surface area contributed by atoms with Gasteiger partial charge in [0.25, 0.3) is 20.0 Å². The van der Waals surface area contributed by atoms with Crippen molar-refractivity contribution in [1.82, 2.24) is 3.97 Å². The zero-order chi connectivity index (χ0) is 19.8. The number of sulfonamides is 1. The van der Waals surface area contributed by atoms with Crippen molar-refractivity contribution in [1.29, 1.82) is 0 Å². The lowest BCUT2D eigenvalue weighted by molar-refractivity contribution is 0.587. The van der Waals surface area contributed by atoms with E-state index in [1.807, 2.05) is 32.9 Å². The van der Waals surface area contributed by atoms with Gasteiger partial charge in [0.15, 0.2) is 0 Å². The number of aryl methyl sites for hydroxylation is 3. The monoisotopic (exact) mass is 404 g/mol. The van der Waals surface area contributed by atoms with Crippen LogP contribution < -0.4 is 4.72 Å². The zero-order valence-corrected chi connectivity index (χ0v) is 16.8. The van der Waals surface area contributed by atoms with Crippen LogP contribution in [0.3, 0.4) is 0 Å². The summed E-state index contributed by atoms with van der Waals surface area (Å²) in [4.78, 5) is -0.0379. The summed E-state index contributed by atoms with van der Waals surface area (Å²) in [6.45, 7) is 5.58. The minimum Gasteiger partial charge on any atom is -0.279 e. The summed E-state index contributed by atoms with van der Waals surface area (Å²) in [6, 6.07) is 12.9. The molecular weight excluding hydrogens is 384 g/mol. The number of hydrogen-bond acceptors (Lipinski definition) is 4. The van der Waals surface area contributed by atoms with Crippen LogP contribution in [0.4, 0.5) is 5.69 Å².